The Bertz CT molecular complexity index is 1760. The lowest BCUT2D eigenvalue weighted by atomic mass is 9.87. The SMILES string of the molecule is COC(=O)N(Cc1ccc(C(C)(C)C)cc1)c1c(N)nc(-n2nc(Cc3ccccc3F)c3ncc(F)cc32)nc1N. The van der Waals surface area contributed by atoms with Crippen LogP contribution in [0, 0.1) is 11.6 Å². The van der Waals surface area contributed by atoms with Crippen molar-refractivity contribution >= 4 is 34.4 Å². The van der Waals surface area contributed by atoms with Crippen LogP contribution in [0.2, 0.25) is 0 Å². The van der Waals surface area contributed by atoms with E-state index in [0.29, 0.717) is 16.8 Å². The zero-order valence-corrected chi connectivity index (χ0v) is 23.6. The molecule has 0 aliphatic rings. The van der Waals surface area contributed by atoms with Crippen LogP contribution in [-0.4, -0.2) is 37.9 Å². The number of carbonyl (C=O) groups is 1. The first-order chi connectivity index (χ1) is 20.0. The largest absolute Gasteiger partial charge is 0.452 e. The van der Waals surface area contributed by atoms with Gasteiger partial charge in [0.2, 0.25) is 0 Å². The quantitative estimate of drug-likeness (QED) is 0.279. The predicted octanol–water partition coefficient (Wildman–Crippen LogP) is 5.31. The minimum atomic E-state index is -0.715. The number of nitrogen functional groups attached to an aromatic ring is 2. The van der Waals surface area contributed by atoms with Crippen molar-refractivity contribution in [2.45, 2.75) is 39.2 Å². The summed E-state index contributed by atoms with van der Waals surface area (Å²) in [5.74, 6) is -1.36. The average molecular weight is 573 g/mol. The Labute approximate surface area is 241 Å². The highest BCUT2D eigenvalue weighted by Gasteiger charge is 2.26. The molecule has 0 unspecified atom stereocenters. The highest BCUT2D eigenvalue weighted by Crippen LogP contribution is 2.32. The van der Waals surface area contributed by atoms with Crippen molar-refractivity contribution in [1.82, 2.24) is 24.7 Å². The lowest BCUT2D eigenvalue weighted by Gasteiger charge is -2.24. The highest BCUT2D eigenvalue weighted by atomic mass is 19.1. The molecule has 0 saturated heterocycles. The summed E-state index contributed by atoms with van der Waals surface area (Å²) in [6, 6.07) is 15.3. The van der Waals surface area contributed by atoms with Crippen LogP contribution in [0.3, 0.4) is 0 Å². The Morgan fingerprint density at radius 3 is 2.31 bits per heavy atom. The maximum atomic E-state index is 14.4. The third-order valence-corrected chi connectivity index (χ3v) is 6.81. The molecule has 0 aliphatic carbocycles. The fourth-order valence-electron chi connectivity index (χ4n) is 4.61. The number of aromatic nitrogens is 5. The van der Waals surface area contributed by atoms with Gasteiger partial charge in [-0.1, -0.05) is 63.2 Å². The number of pyridine rings is 1. The first-order valence-corrected chi connectivity index (χ1v) is 13.1. The molecule has 0 saturated carbocycles. The Morgan fingerprint density at radius 1 is 1.02 bits per heavy atom. The molecule has 216 valence electrons. The van der Waals surface area contributed by atoms with E-state index < -0.39 is 17.7 Å². The second-order valence-corrected chi connectivity index (χ2v) is 10.8. The minimum absolute atomic E-state index is 0.0384. The molecule has 0 radical (unpaired) electrons. The van der Waals surface area contributed by atoms with E-state index in [1.807, 2.05) is 24.3 Å². The predicted molar refractivity (Wildman–Crippen MR) is 156 cm³/mol. The van der Waals surface area contributed by atoms with Crippen LogP contribution < -0.4 is 16.4 Å². The number of fused-ring (bicyclic) bond motifs is 1. The summed E-state index contributed by atoms with van der Waals surface area (Å²) in [7, 11) is 1.24. The molecular weight excluding hydrogens is 542 g/mol. The Balaban J connectivity index is 1.55. The molecule has 0 fully saturated rings. The summed E-state index contributed by atoms with van der Waals surface area (Å²) in [6.45, 7) is 6.42. The van der Waals surface area contributed by atoms with E-state index in [2.05, 4.69) is 40.8 Å². The van der Waals surface area contributed by atoms with E-state index in [0.717, 1.165) is 17.3 Å². The molecule has 0 bridgehead atoms. The Hall–Kier alpha value is -5.13. The van der Waals surface area contributed by atoms with Gasteiger partial charge in [0.1, 0.15) is 22.8 Å². The number of ether oxygens (including phenoxy) is 1. The average Bonchev–Trinajstić information content (AvgIpc) is 3.29. The van der Waals surface area contributed by atoms with E-state index in [1.54, 1.807) is 18.2 Å². The molecule has 42 heavy (non-hydrogen) atoms. The van der Waals surface area contributed by atoms with Gasteiger partial charge in [0, 0.05) is 12.5 Å². The molecule has 0 aliphatic heterocycles. The van der Waals surface area contributed by atoms with Crippen LogP contribution in [0.1, 0.15) is 43.2 Å². The van der Waals surface area contributed by atoms with Crippen LogP contribution >= 0.6 is 0 Å². The molecule has 0 spiro atoms. The summed E-state index contributed by atoms with van der Waals surface area (Å²) in [4.78, 5) is 27.0. The molecule has 4 N–H and O–H groups in total. The van der Waals surface area contributed by atoms with Crippen molar-refractivity contribution in [3.63, 3.8) is 0 Å². The van der Waals surface area contributed by atoms with Crippen LogP contribution in [0.5, 0.6) is 0 Å². The van der Waals surface area contributed by atoms with Gasteiger partial charge >= 0.3 is 6.09 Å². The number of carbonyl (C=O) groups excluding carboxylic acids is 1. The smallest absolute Gasteiger partial charge is 0.414 e. The highest BCUT2D eigenvalue weighted by molar-refractivity contribution is 5.95. The zero-order chi connectivity index (χ0) is 30.2. The second kappa shape index (κ2) is 11.0. The third kappa shape index (κ3) is 5.55. The van der Waals surface area contributed by atoms with E-state index in [1.165, 1.54) is 28.8 Å². The summed E-state index contributed by atoms with van der Waals surface area (Å²) >= 11 is 0. The van der Waals surface area contributed by atoms with Crippen molar-refractivity contribution in [1.29, 1.82) is 0 Å². The van der Waals surface area contributed by atoms with Gasteiger partial charge in [0.15, 0.2) is 11.6 Å². The van der Waals surface area contributed by atoms with Crippen molar-refractivity contribution < 1.29 is 18.3 Å². The van der Waals surface area contributed by atoms with Crippen molar-refractivity contribution in [2.75, 3.05) is 23.5 Å². The van der Waals surface area contributed by atoms with Crippen LogP contribution in [0.15, 0.2) is 60.8 Å². The number of hydrogen-bond donors (Lipinski definition) is 2. The number of methoxy groups -OCH3 is 1. The van der Waals surface area contributed by atoms with Crippen molar-refractivity contribution in [3.8, 4) is 5.95 Å². The van der Waals surface area contributed by atoms with Gasteiger partial charge in [0.05, 0.1) is 31.1 Å². The number of benzene rings is 2. The van der Waals surface area contributed by atoms with E-state index in [-0.39, 0.29) is 47.2 Å². The van der Waals surface area contributed by atoms with Crippen LogP contribution in [0.25, 0.3) is 17.0 Å². The standard InChI is InChI=1S/C30H30F2N8O2/c1-30(2,3)19-11-9-17(10-12-19)16-39(29(41)42-4)25-26(33)36-28(37-27(25)34)40-23-14-20(31)15-35-24(23)22(38-40)13-18-7-5-6-8-21(18)32/h5-12,14-15H,13,16H2,1-4H3,(H4,33,34,36,37). The summed E-state index contributed by atoms with van der Waals surface area (Å²) in [6.07, 6.45) is 0.420. The fourth-order valence-corrected chi connectivity index (χ4v) is 4.61. The van der Waals surface area contributed by atoms with E-state index in [4.69, 9.17) is 16.2 Å². The van der Waals surface area contributed by atoms with Gasteiger partial charge in [-0.25, -0.2) is 18.6 Å². The zero-order valence-electron chi connectivity index (χ0n) is 23.6. The van der Waals surface area contributed by atoms with Gasteiger partial charge < -0.3 is 16.2 Å². The maximum absolute atomic E-state index is 14.4. The number of nitrogens with zero attached hydrogens (tertiary/aromatic N) is 6. The minimum Gasteiger partial charge on any atom is -0.452 e. The molecule has 3 aromatic heterocycles. The summed E-state index contributed by atoms with van der Waals surface area (Å²) < 4.78 is 34.9. The molecular formula is C30H30F2N8O2. The molecule has 2 aromatic carbocycles. The summed E-state index contributed by atoms with van der Waals surface area (Å²) in [5.41, 5.74) is 16.0. The van der Waals surface area contributed by atoms with Gasteiger partial charge in [-0.05, 0) is 28.2 Å². The number of rotatable bonds is 6. The van der Waals surface area contributed by atoms with Gasteiger partial charge in [-0.2, -0.15) is 19.7 Å². The molecule has 0 atom stereocenters. The molecule has 3 heterocycles. The van der Waals surface area contributed by atoms with Gasteiger partial charge in [0.25, 0.3) is 5.95 Å². The normalized spacial score (nSPS) is 11.6. The van der Waals surface area contributed by atoms with Crippen molar-refractivity contribution in [3.05, 3.63) is 94.8 Å². The number of amides is 1. The molecule has 5 aromatic rings. The van der Waals surface area contributed by atoms with E-state index in [9.17, 15) is 13.6 Å². The van der Waals surface area contributed by atoms with Crippen LogP contribution in [0.4, 0.5) is 30.9 Å². The van der Waals surface area contributed by atoms with Crippen LogP contribution in [-0.2, 0) is 23.1 Å². The first-order valence-electron chi connectivity index (χ1n) is 13.1. The summed E-state index contributed by atoms with van der Waals surface area (Å²) in [5, 5.41) is 4.52. The van der Waals surface area contributed by atoms with E-state index >= 15 is 0 Å². The van der Waals surface area contributed by atoms with Gasteiger partial charge in [-0.3, -0.25) is 4.90 Å². The van der Waals surface area contributed by atoms with Gasteiger partial charge in [-0.15, -0.1) is 0 Å². The molecule has 10 nitrogen and oxygen atoms in total. The second-order valence-electron chi connectivity index (χ2n) is 10.8. The maximum Gasteiger partial charge on any atom is 0.414 e. The number of anilines is 3. The Kier molecular flexibility index (Phi) is 7.46. The fraction of sp³-hybridized carbons (Fsp3) is 0.233. The lowest BCUT2D eigenvalue weighted by Crippen LogP contribution is -2.32. The Morgan fingerprint density at radius 2 is 1.69 bits per heavy atom. The molecule has 5 rings (SSSR count). The monoisotopic (exact) mass is 572 g/mol. The number of nitrogens with two attached hydrogens (primary N) is 2. The van der Waals surface area contributed by atoms with Crippen molar-refractivity contribution in [2.24, 2.45) is 0 Å². The number of halogens is 2. The number of hydrogen-bond acceptors (Lipinski definition) is 8. The molecule has 1 amide bonds. The molecule has 12 heteroatoms. The lowest BCUT2D eigenvalue weighted by molar-refractivity contribution is 0.178. The third-order valence-electron chi connectivity index (χ3n) is 6.81. The first kappa shape index (κ1) is 28.4. The topological polar surface area (TPSA) is 138 Å².